The highest BCUT2D eigenvalue weighted by molar-refractivity contribution is 6.35. The molecule has 0 radical (unpaired) electrons. The molecule has 2 rings (SSSR count). The predicted molar refractivity (Wildman–Crippen MR) is 82.9 cm³/mol. The number of aryl methyl sites for hydroxylation is 2. The van der Waals surface area contributed by atoms with Crippen LogP contribution in [0.3, 0.4) is 0 Å². The Kier molecular flexibility index (Phi) is 4.42. The molecular formula is C13H13Cl2N5. The van der Waals surface area contributed by atoms with Gasteiger partial charge in [0.2, 0.25) is 5.96 Å². The Morgan fingerprint density at radius 3 is 2.15 bits per heavy atom. The van der Waals surface area contributed by atoms with E-state index in [9.17, 15) is 0 Å². The number of halogens is 2. The minimum atomic E-state index is 0.160. The highest BCUT2D eigenvalue weighted by atomic mass is 35.5. The minimum absolute atomic E-state index is 0.160. The molecule has 7 heteroatoms. The third kappa shape index (κ3) is 4.08. The number of guanidine groups is 1. The summed E-state index contributed by atoms with van der Waals surface area (Å²) in [6.45, 7) is 3.74. The number of nitrogens with zero attached hydrogens (tertiary/aromatic N) is 3. The highest BCUT2D eigenvalue weighted by Crippen LogP contribution is 2.22. The first-order valence-electron chi connectivity index (χ1n) is 5.82. The van der Waals surface area contributed by atoms with Crippen molar-refractivity contribution in [2.45, 2.75) is 13.8 Å². The first-order chi connectivity index (χ1) is 9.42. The average Bonchev–Trinajstić information content (AvgIpc) is 2.24. The van der Waals surface area contributed by atoms with Gasteiger partial charge in [0.25, 0.3) is 5.95 Å². The van der Waals surface area contributed by atoms with Crippen LogP contribution in [0.1, 0.15) is 11.4 Å². The molecule has 1 heterocycles. The maximum Gasteiger partial charge on any atom is 0.253 e. The van der Waals surface area contributed by atoms with E-state index in [-0.39, 0.29) is 5.96 Å². The summed E-state index contributed by atoms with van der Waals surface area (Å²) in [5.74, 6) is 0.467. The molecular weight excluding hydrogens is 297 g/mol. The molecule has 0 atom stereocenters. The van der Waals surface area contributed by atoms with Crippen molar-refractivity contribution in [2.24, 2.45) is 10.7 Å². The van der Waals surface area contributed by atoms with E-state index in [2.05, 4.69) is 20.3 Å². The molecule has 20 heavy (non-hydrogen) atoms. The number of hydrogen-bond acceptors (Lipinski definition) is 3. The average molecular weight is 310 g/mol. The summed E-state index contributed by atoms with van der Waals surface area (Å²) in [7, 11) is 0. The molecule has 0 saturated heterocycles. The van der Waals surface area contributed by atoms with Crippen molar-refractivity contribution in [3.8, 4) is 0 Å². The molecule has 5 nitrogen and oxygen atoms in total. The van der Waals surface area contributed by atoms with Gasteiger partial charge in [-0.2, -0.15) is 4.99 Å². The van der Waals surface area contributed by atoms with E-state index in [0.29, 0.717) is 21.7 Å². The molecule has 0 aliphatic heterocycles. The molecule has 0 amide bonds. The van der Waals surface area contributed by atoms with Crippen LogP contribution in [0.2, 0.25) is 10.0 Å². The van der Waals surface area contributed by atoms with E-state index in [1.165, 1.54) is 0 Å². The molecule has 0 aliphatic carbocycles. The van der Waals surface area contributed by atoms with Gasteiger partial charge in [-0.1, -0.05) is 23.2 Å². The van der Waals surface area contributed by atoms with E-state index in [1.807, 2.05) is 19.9 Å². The Labute approximate surface area is 126 Å². The lowest BCUT2D eigenvalue weighted by Gasteiger charge is -2.06. The van der Waals surface area contributed by atoms with Crippen LogP contribution < -0.4 is 11.1 Å². The summed E-state index contributed by atoms with van der Waals surface area (Å²) in [5, 5.41) is 3.91. The number of nitrogens with one attached hydrogen (secondary N) is 1. The first-order valence-corrected chi connectivity index (χ1v) is 6.57. The Morgan fingerprint density at radius 2 is 1.60 bits per heavy atom. The number of rotatable bonds is 2. The summed E-state index contributed by atoms with van der Waals surface area (Å²) in [6.07, 6.45) is 0. The third-order valence-electron chi connectivity index (χ3n) is 2.33. The van der Waals surface area contributed by atoms with Crippen molar-refractivity contribution in [1.29, 1.82) is 0 Å². The summed E-state index contributed by atoms with van der Waals surface area (Å²) >= 11 is 11.8. The summed E-state index contributed by atoms with van der Waals surface area (Å²) in [6, 6.07) is 6.88. The molecule has 1 aromatic heterocycles. The molecule has 104 valence electrons. The Balaban J connectivity index is 2.22. The van der Waals surface area contributed by atoms with E-state index in [4.69, 9.17) is 28.9 Å². The predicted octanol–water partition coefficient (Wildman–Crippen LogP) is 3.46. The summed E-state index contributed by atoms with van der Waals surface area (Å²) in [5.41, 5.74) is 8.11. The Morgan fingerprint density at radius 1 is 1.05 bits per heavy atom. The van der Waals surface area contributed by atoms with Crippen LogP contribution in [-0.4, -0.2) is 15.9 Å². The molecule has 0 aliphatic rings. The van der Waals surface area contributed by atoms with Gasteiger partial charge in [0.05, 0.1) is 0 Å². The van der Waals surface area contributed by atoms with Crippen molar-refractivity contribution < 1.29 is 0 Å². The smallest absolute Gasteiger partial charge is 0.253 e. The molecule has 0 unspecified atom stereocenters. The summed E-state index contributed by atoms with van der Waals surface area (Å²) < 4.78 is 0. The zero-order valence-electron chi connectivity index (χ0n) is 11.0. The largest absolute Gasteiger partial charge is 0.369 e. The normalized spacial score (nSPS) is 11.5. The number of benzene rings is 1. The van der Waals surface area contributed by atoms with Crippen LogP contribution in [0, 0.1) is 13.8 Å². The van der Waals surface area contributed by atoms with Crippen molar-refractivity contribution in [3.05, 3.63) is 45.7 Å². The van der Waals surface area contributed by atoms with E-state index < -0.39 is 0 Å². The van der Waals surface area contributed by atoms with Gasteiger partial charge in [-0.15, -0.1) is 0 Å². The lowest BCUT2D eigenvalue weighted by Crippen LogP contribution is -2.22. The second-order valence-electron chi connectivity index (χ2n) is 4.23. The quantitative estimate of drug-likeness (QED) is 0.658. The van der Waals surface area contributed by atoms with Crippen molar-refractivity contribution in [3.63, 3.8) is 0 Å². The van der Waals surface area contributed by atoms with Gasteiger partial charge >= 0.3 is 0 Å². The molecule has 1 aromatic carbocycles. The minimum Gasteiger partial charge on any atom is -0.369 e. The van der Waals surface area contributed by atoms with E-state index in [0.717, 1.165) is 11.4 Å². The molecule has 2 aromatic rings. The maximum absolute atomic E-state index is 5.91. The monoisotopic (exact) mass is 309 g/mol. The van der Waals surface area contributed by atoms with Crippen LogP contribution in [0.15, 0.2) is 29.3 Å². The number of aromatic nitrogens is 2. The number of aliphatic imine (C=N–C) groups is 1. The summed E-state index contributed by atoms with van der Waals surface area (Å²) in [4.78, 5) is 12.5. The zero-order chi connectivity index (χ0) is 14.7. The Hall–Kier alpha value is -1.85. The zero-order valence-corrected chi connectivity index (χ0v) is 12.5. The standard InChI is InChI=1S/C13H13Cl2N5/c1-7-3-8(2)18-13(17-7)20-12(16)19-11-5-9(14)4-10(15)6-11/h3-6H,1-2H3,(H3,16,17,18,19,20). The van der Waals surface area contributed by atoms with Crippen molar-refractivity contribution in [1.82, 2.24) is 9.97 Å². The van der Waals surface area contributed by atoms with Crippen molar-refractivity contribution in [2.75, 3.05) is 5.32 Å². The van der Waals surface area contributed by atoms with Gasteiger partial charge in [-0.3, -0.25) is 0 Å². The van der Waals surface area contributed by atoms with Crippen LogP contribution in [0.5, 0.6) is 0 Å². The molecule has 0 saturated carbocycles. The molecule has 0 spiro atoms. The number of nitrogens with two attached hydrogens (primary N) is 1. The first kappa shape index (κ1) is 14.6. The maximum atomic E-state index is 5.91. The highest BCUT2D eigenvalue weighted by Gasteiger charge is 2.02. The molecule has 0 fully saturated rings. The van der Waals surface area contributed by atoms with E-state index >= 15 is 0 Å². The fourth-order valence-electron chi connectivity index (χ4n) is 1.67. The van der Waals surface area contributed by atoms with Gasteiger partial charge < -0.3 is 11.1 Å². The topological polar surface area (TPSA) is 76.2 Å². The number of hydrogen-bond donors (Lipinski definition) is 2. The van der Waals surface area contributed by atoms with E-state index in [1.54, 1.807) is 18.2 Å². The van der Waals surface area contributed by atoms with Gasteiger partial charge in [0.15, 0.2) is 0 Å². The second-order valence-corrected chi connectivity index (χ2v) is 5.10. The Bertz CT molecular complexity index is 629. The van der Waals surface area contributed by atoms with Gasteiger partial charge in [-0.25, -0.2) is 9.97 Å². The van der Waals surface area contributed by atoms with Crippen LogP contribution >= 0.6 is 23.2 Å². The second kappa shape index (κ2) is 6.07. The van der Waals surface area contributed by atoms with Crippen LogP contribution in [-0.2, 0) is 0 Å². The molecule has 3 N–H and O–H groups in total. The van der Waals surface area contributed by atoms with Gasteiger partial charge in [0, 0.05) is 27.1 Å². The fraction of sp³-hybridized carbons (Fsp3) is 0.154. The third-order valence-corrected chi connectivity index (χ3v) is 2.76. The lowest BCUT2D eigenvalue weighted by molar-refractivity contribution is 1.04. The molecule has 0 bridgehead atoms. The fourth-order valence-corrected chi connectivity index (χ4v) is 2.19. The van der Waals surface area contributed by atoms with Crippen LogP contribution in [0.4, 0.5) is 11.6 Å². The van der Waals surface area contributed by atoms with Gasteiger partial charge in [0.1, 0.15) is 0 Å². The number of anilines is 1. The lowest BCUT2D eigenvalue weighted by atomic mass is 10.3. The van der Waals surface area contributed by atoms with Gasteiger partial charge in [-0.05, 0) is 38.1 Å². The van der Waals surface area contributed by atoms with Crippen molar-refractivity contribution >= 4 is 40.8 Å². The van der Waals surface area contributed by atoms with Crippen LogP contribution in [0.25, 0.3) is 0 Å². The SMILES string of the molecule is Cc1cc(C)nc(N=C(N)Nc2cc(Cl)cc(Cl)c2)n1.